The summed E-state index contributed by atoms with van der Waals surface area (Å²) >= 11 is 0. The molecule has 0 spiro atoms. The molecule has 3 aromatic carbocycles. The van der Waals surface area contributed by atoms with Crippen LogP contribution in [0.1, 0.15) is 22.5 Å². The van der Waals surface area contributed by atoms with Gasteiger partial charge in [-0.1, -0.05) is 48.5 Å². The van der Waals surface area contributed by atoms with Gasteiger partial charge in [-0.3, -0.25) is 5.41 Å². The normalized spacial score (nSPS) is 12.7. The SMILES string of the molecule is Cc1cc(CN2CCc3cc(-c4ccccc4)ccc32)n(-c2cccc(C(=N)N)c2)n1. The van der Waals surface area contributed by atoms with E-state index in [-0.39, 0.29) is 5.84 Å². The molecule has 0 saturated heterocycles. The van der Waals surface area contributed by atoms with E-state index in [4.69, 9.17) is 16.2 Å². The lowest BCUT2D eigenvalue weighted by Crippen LogP contribution is -2.21. The molecule has 0 aliphatic carbocycles. The van der Waals surface area contributed by atoms with Crippen LogP contribution in [0.5, 0.6) is 0 Å². The van der Waals surface area contributed by atoms with Crippen LogP contribution in [-0.4, -0.2) is 22.2 Å². The third kappa shape index (κ3) is 3.70. The van der Waals surface area contributed by atoms with Crippen LogP contribution in [0.15, 0.2) is 78.9 Å². The Hall–Kier alpha value is -3.86. The van der Waals surface area contributed by atoms with Crippen LogP contribution in [-0.2, 0) is 13.0 Å². The third-order valence-corrected chi connectivity index (χ3v) is 5.84. The average Bonchev–Trinajstić information content (AvgIpc) is 3.37. The molecule has 31 heavy (non-hydrogen) atoms. The van der Waals surface area contributed by atoms with Crippen LogP contribution in [0.3, 0.4) is 0 Å². The van der Waals surface area contributed by atoms with E-state index in [1.54, 1.807) is 0 Å². The molecular formula is C26H25N5. The van der Waals surface area contributed by atoms with Crippen molar-refractivity contribution in [1.29, 1.82) is 5.41 Å². The lowest BCUT2D eigenvalue weighted by atomic mass is 10.0. The second-order valence-corrected chi connectivity index (χ2v) is 8.03. The Balaban J connectivity index is 1.44. The Labute approximate surface area is 182 Å². The van der Waals surface area contributed by atoms with Crippen LogP contribution in [0.2, 0.25) is 0 Å². The van der Waals surface area contributed by atoms with Crippen LogP contribution in [0, 0.1) is 12.3 Å². The van der Waals surface area contributed by atoms with E-state index in [1.807, 2.05) is 35.9 Å². The third-order valence-electron chi connectivity index (χ3n) is 5.84. The maximum absolute atomic E-state index is 7.73. The van der Waals surface area contributed by atoms with Gasteiger partial charge in [-0.2, -0.15) is 5.10 Å². The molecule has 0 radical (unpaired) electrons. The highest BCUT2D eigenvalue weighted by Crippen LogP contribution is 2.33. The maximum Gasteiger partial charge on any atom is 0.122 e. The lowest BCUT2D eigenvalue weighted by molar-refractivity contribution is 0.748. The van der Waals surface area contributed by atoms with E-state index in [1.165, 1.54) is 22.4 Å². The summed E-state index contributed by atoms with van der Waals surface area (Å²) in [6.45, 7) is 3.78. The highest BCUT2D eigenvalue weighted by molar-refractivity contribution is 5.95. The minimum atomic E-state index is 0.0648. The monoisotopic (exact) mass is 407 g/mol. The van der Waals surface area contributed by atoms with Gasteiger partial charge in [0.15, 0.2) is 0 Å². The van der Waals surface area contributed by atoms with Crippen molar-refractivity contribution in [2.75, 3.05) is 11.4 Å². The van der Waals surface area contributed by atoms with Gasteiger partial charge in [-0.05, 0) is 60.4 Å². The molecule has 0 bridgehead atoms. The predicted molar refractivity (Wildman–Crippen MR) is 126 cm³/mol. The number of rotatable bonds is 5. The molecule has 4 aromatic rings. The van der Waals surface area contributed by atoms with Gasteiger partial charge in [-0.15, -0.1) is 0 Å². The van der Waals surface area contributed by atoms with Gasteiger partial charge < -0.3 is 10.6 Å². The molecule has 0 unspecified atom stereocenters. The quantitative estimate of drug-likeness (QED) is 0.372. The van der Waals surface area contributed by atoms with Gasteiger partial charge >= 0.3 is 0 Å². The van der Waals surface area contributed by atoms with Crippen molar-refractivity contribution in [3.8, 4) is 16.8 Å². The molecule has 0 atom stereocenters. The van der Waals surface area contributed by atoms with Crippen molar-refractivity contribution >= 4 is 11.5 Å². The molecule has 1 aliphatic heterocycles. The molecule has 0 amide bonds. The summed E-state index contributed by atoms with van der Waals surface area (Å²) in [5.74, 6) is 0.0648. The predicted octanol–water partition coefficient (Wildman–Crippen LogP) is 4.69. The number of hydrogen-bond acceptors (Lipinski definition) is 3. The van der Waals surface area contributed by atoms with Gasteiger partial charge in [-0.25, -0.2) is 4.68 Å². The lowest BCUT2D eigenvalue weighted by Gasteiger charge is -2.20. The largest absolute Gasteiger partial charge is 0.384 e. The van der Waals surface area contributed by atoms with Crippen LogP contribution < -0.4 is 10.6 Å². The van der Waals surface area contributed by atoms with Gasteiger partial charge in [0, 0.05) is 17.8 Å². The van der Waals surface area contributed by atoms with E-state index in [2.05, 4.69) is 59.5 Å². The van der Waals surface area contributed by atoms with Crippen molar-refractivity contribution in [3.63, 3.8) is 0 Å². The summed E-state index contributed by atoms with van der Waals surface area (Å²) in [5.41, 5.74) is 14.6. The van der Waals surface area contributed by atoms with Crippen LogP contribution in [0.4, 0.5) is 5.69 Å². The fourth-order valence-corrected chi connectivity index (χ4v) is 4.33. The van der Waals surface area contributed by atoms with E-state index in [9.17, 15) is 0 Å². The fraction of sp³-hybridized carbons (Fsp3) is 0.154. The minimum absolute atomic E-state index is 0.0648. The summed E-state index contributed by atoms with van der Waals surface area (Å²) < 4.78 is 1.97. The van der Waals surface area contributed by atoms with E-state index in [0.29, 0.717) is 5.56 Å². The Bertz CT molecular complexity index is 1260. The summed E-state index contributed by atoms with van der Waals surface area (Å²) in [6, 6.07) is 27.1. The molecule has 5 nitrogen and oxygen atoms in total. The van der Waals surface area contributed by atoms with Gasteiger partial charge in [0.25, 0.3) is 0 Å². The fourth-order valence-electron chi connectivity index (χ4n) is 4.33. The average molecular weight is 408 g/mol. The maximum atomic E-state index is 7.73. The van der Waals surface area contributed by atoms with E-state index >= 15 is 0 Å². The number of nitrogens with zero attached hydrogens (tertiary/aromatic N) is 3. The number of aryl methyl sites for hydroxylation is 1. The number of nitrogens with two attached hydrogens (primary N) is 1. The summed E-state index contributed by atoms with van der Waals surface area (Å²) in [4.78, 5) is 2.42. The first kappa shape index (κ1) is 19.1. The number of amidine groups is 1. The number of anilines is 1. The van der Waals surface area contributed by atoms with Crippen molar-refractivity contribution in [3.05, 3.63) is 101 Å². The summed E-state index contributed by atoms with van der Waals surface area (Å²) in [6.07, 6.45) is 1.04. The number of aromatic nitrogens is 2. The topological polar surface area (TPSA) is 70.9 Å². The van der Waals surface area contributed by atoms with E-state index < -0.39 is 0 Å². The molecule has 3 N–H and O–H groups in total. The molecule has 0 saturated carbocycles. The highest BCUT2D eigenvalue weighted by Gasteiger charge is 2.21. The summed E-state index contributed by atoms with van der Waals surface area (Å²) in [7, 11) is 0. The summed E-state index contributed by atoms with van der Waals surface area (Å²) in [5, 5.41) is 12.4. The second kappa shape index (κ2) is 7.76. The van der Waals surface area contributed by atoms with Gasteiger partial charge in [0.05, 0.1) is 23.6 Å². The molecular weight excluding hydrogens is 382 g/mol. The second-order valence-electron chi connectivity index (χ2n) is 8.03. The van der Waals surface area contributed by atoms with E-state index in [0.717, 1.165) is 36.6 Å². The number of hydrogen-bond donors (Lipinski definition) is 2. The number of nitrogens with one attached hydrogen (secondary N) is 1. The zero-order chi connectivity index (χ0) is 21.4. The van der Waals surface area contributed by atoms with Crippen molar-refractivity contribution in [2.45, 2.75) is 19.9 Å². The van der Waals surface area contributed by atoms with Crippen LogP contribution >= 0.6 is 0 Å². The molecule has 1 aliphatic rings. The molecule has 5 heteroatoms. The zero-order valence-corrected chi connectivity index (χ0v) is 17.5. The number of nitrogen functional groups attached to an aromatic ring is 1. The molecule has 1 aromatic heterocycles. The molecule has 154 valence electrons. The zero-order valence-electron chi connectivity index (χ0n) is 17.5. The Morgan fingerprint density at radius 1 is 0.968 bits per heavy atom. The Morgan fingerprint density at radius 3 is 2.61 bits per heavy atom. The highest BCUT2D eigenvalue weighted by atomic mass is 15.3. The standard InChI is InChI=1S/C26H25N5/c1-18-14-24(31(29-18)23-9-5-8-22(16-23)26(27)28)17-30-13-12-21-15-20(10-11-25(21)30)19-6-3-2-4-7-19/h2-11,14-16H,12-13,17H2,1H3,(H3,27,28). The van der Waals surface area contributed by atoms with Crippen molar-refractivity contribution in [1.82, 2.24) is 9.78 Å². The number of benzene rings is 3. The van der Waals surface area contributed by atoms with Gasteiger partial charge in [0.1, 0.15) is 5.84 Å². The smallest absolute Gasteiger partial charge is 0.122 e. The van der Waals surface area contributed by atoms with Crippen molar-refractivity contribution in [2.24, 2.45) is 5.73 Å². The molecule has 2 heterocycles. The first-order valence-corrected chi connectivity index (χ1v) is 10.5. The van der Waals surface area contributed by atoms with Crippen LogP contribution in [0.25, 0.3) is 16.8 Å². The Morgan fingerprint density at radius 2 is 1.81 bits per heavy atom. The number of fused-ring (bicyclic) bond motifs is 1. The van der Waals surface area contributed by atoms with Crippen molar-refractivity contribution < 1.29 is 0 Å². The Kier molecular flexibility index (Phi) is 4.79. The molecule has 0 fully saturated rings. The first-order valence-electron chi connectivity index (χ1n) is 10.5. The minimum Gasteiger partial charge on any atom is -0.384 e. The first-order chi connectivity index (χ1) is 15.1. The molecule has 5 rings (SSSR count). The van der Waals surface area contributed by atoms with Gasteiger partial charge in [0.2, 0.25) is 0 Å².